The maximum absolute atomic E-state index is 13.9. The molecule has 0 aliphatic carbocycles. The van der Waals surface area contributed by atoms with E-state index in [4.69, 9.17) is 5.73 Å². The number of anilines is 1. The van der Waals surface area contributed by atoms with Crippen molar-refractivity contribution >= 4 is 28.5 Å². The Bertz CT molecular complexity index is 1390. The van der Waals surface area contributed by atoms with Crippen molar-refractivity contribution in [2.45, 2.75) is 13.5 Å². The minimum absolute atomic E-state index is 0.00677. The average molecular weight is 440 g/mol. The number of benzene rings is 2. The third-order valence-corrected chi connectivity index (χ3v) is 4.82. The van der Waals surface area contributed by atoms with E-state index in [9.17, 15) is 22.8 Å². The van der Waals surface area contributed by atoms with Crippen molar-refractivity contribution in [3.05, 3.63) is 82.4 Å². The number of hydrogen-bond donors (Lipinski definition) is 2. The quantitative estimate of drug-likeness (QED) is 0.495. The first-order chi connectivity index (χ1) is 15.2. The summed E-state index contributed by atoms with van der Waals surface area (Å²) in [7, 11) is 0. The molecule has 0 atom stereocenters. The van der Waals surface area contributed by atoms with E-state index in [1.54, 1.807) is 6.92 Å². The zero-order valence-corrected chi connectivity index (χ0v) is 16.6. The summed E-state index contributed by atoms with van der Waals surface area (Å²) < 4.78 is 41.9. The Morgan fingerprint density at radius 2 is 1.78 bits per heavy atom. The first-order valence-corrected chi connectivity index (χ1v) is 9.28. The average Bonchev–Trinajstić information content (AvgIpc) is 3.08. The summed E-state index contributed by atoms with van der Waals surface area (Å²) in [5, 5.41) is 10.6. The molecular weight excluding hydrogens is 425 g/mol. The lowest BCUT2D eigenvalue weighted by molar-refractivity contribution is 0.100. The third kappa shape index (κ3) is 4.00. The van der Waals surface area contributed by atoms with Gasteiger partial charge in [-0.05, 0) is 31.2 Å². The van der Waals surface area contributed by atoms with Crippen molar-refractivity contribution in [1.82, 2.24) is 20.0 Å². The van der Waals surface area contributed by atoms with Crippen molar-refractivity contribution in [3.63, 3.8) is 0 Å². The standard InChI is InChI=1S/C21H15F3N6O2/c1-10-20(28-29-30(10)9-11-2-3-12(22)6-16(11)24)27-21(32)18-8-15(19(25)31)14-5-4-13(23)7-17(14)26-18/h2-8H,9H2,1H3,(H2,25,31)(H,27,32). The van der Waals surface area contributed by atoms with E-state index < -0.39 is 29.3 Å². The Hall–Kier alpha value is -4.28. The molecule has 0 bridgehead atoms. The Labute approximate surface area is 178 Å². The first kappa shape index (κ1) is 21.0. The SMILES string of the molecule is Cc1c(NC(=O)c2cc(C(N)=O)c3ccc(F)cc3n2)nnn1Cc1ccc(F)cc1F. The molecule has 0 radical (unpaired) electrons. The number of primary amides is 1. The lowest BCUT2D eigenvalue weighted by Gasteiger charge is -2.08. The Balaban J connectivity index is 1.62. The van der Waals surface area contributed by atoms with Crippen molar-refractivity contribution < 1.29 is 22.8 Å². The van der Waals surface area contributed by atoms with Crippen LogP contribution in [0.25, 0.3) is 10.9 Å². The molecule has 0 saturated heterocycles. The van der Waals surface area contributed by atoms with E-state index in [1.165, 1.54) is 22.9 Å². The predicted octanol–water partition coefficient (Wildman–Crippen LogP) is 2.95. The fourth-order valence-electron chi connectivity index (χ4n) is 3.13. The summed E-state index contributed by atoms with van der Waals surface area (Å²) in [6, 6.07) is 7.95. The molecule has 3 N–H and O–H groups in total. The largest absolute Gasteiger partial charge is 0.366 e. The van der Waals surface area contributed by atoms with Gasteiger partial charge in [0, 0.05) is 23.1 Å². The second-order valence-corrected chi connectivity index (χ2v) is 6.95. The number of carbonyl (C=O) groups is 2. The zero-order chi connectivity index (χ0) is 23.0. The van der Waals surface area contributed by atoms with Gasteiger partial charge in [0.05, 0.1) is 23.3 Å². The molecule has 2 heterocycles. The van der Waals surface area contributed by atoms with Crippen LogP contribution in [0.4, 0.5) is 19.0 Å². The number of nitrogens with one attached hydrogen (secondary N) is 1. The lowest BCUT2D eigenvalue weighted by atomic mass is 10.1. The van der Waals surface area contributed by atoms with Crippen LogP contribution < -0.4 is 11.1 Å². The fraction of sp³-hybridized carbons (Fsp3) is 0.0952. The molecule has 0 aliphatic heterocycles. The van der Waals surface area contributed by atoms with E-state index in [2.05, 4.69) is 20.6 Å². The molecule has 2 amide bonds. The number of carbonyl (C=O) groups excluding carboxylic acids is 2. The minimum atomic E-state index is -0.804. The van der Waals surface area contributed by atoms with Crippen LogP contribution in [0, 0.1) is 24.4 Å². The summed E-state index contributed by atoms with van der Waals surface area (Å²) in [6.07, 6.45) is 0. The summed E-state index contributed by atoms with van der Waals surface area (Å²) in [5.41, 5.74) is 5.87. The van der Waals surface area contributed by atoms with E-state index in [1.807, 2.05) is 0 Å². The number of hydrogen-bond acceptors (Lipinski definition) is 5. The number of nitrogens with zero attached hydrogens (tertiary/aromatic N) is 4. The van der Waals surface area contributed by atoms with Crippen LogP contribution in [0.15, 0.2) is 42.5 Å². The van der Waals surface area contributed by atoms with Crippen molar-refractivity contribution in [2.24, 2.45) is 5.73 Å². The highest BCUT2D eigenvalue weighted by Gasteiger charge is 2.19. The van der Waals surface area contributed by atoms with Crippen molar-refractivity contribution in [1.29, 1.82) is 0 Å². The monoisotopic (exact) mass is 440 g/mol. The van der Waals surface area contributed by atoms with Gasteiger partial charge in [0.15, 0.2) is 5.82 Å². The first-order valence-electron chi connectivity index (χ1n) is 9.28. The van der Waals surface area contributed by atoms with Crippen LogP contribution in [-0.2, 0) is 6.54 Å². The molecule has 8 nitrogen and oxygen atoms in total. The number of amides is 2. The summed E-state index contributed by atoms with van der Waals surface area (Å²) in [5.74, 6) is -3.50. The van der Waals surface area contributed by atoms with Gasteiger partial charge >= 0.3 is 0 Å². The van der Waals surface area contributed by atoms with E-state index in [0.717, 1.165) is 24.3 Å². The van der Waals surface area contributed by atoms with Gasteiger partial charge in [0.25, 0.3) is 5.91 Å². The highest BCUT2D eigenvalue weighted by molar-refractivity contribution is 6.10. The van der Waals surface area contributed by atoms with Gasteiger partial charge in [-0.15, -0.1) is 5.10 Å². The summed E-state index contributed by atoms with van der Waals surface area (Å²) in [6.45, 7) is 1.55. The van der Waals surface area contributed by atoms with Gasteiger partial charge < -0.3 is 11.1 Å². The molecule has 32 heavy (non-hydrogen) atoms. The lowest BCUT2D eigenvalue weighted by Crippen LogP contribution is -2.18. The molecule has 0 fully saturated rings. The Morgan fingerprint density at radius 1 is 1.06 bits per heavy atom. The van der Waals surface area contributed by atoms with Gasteiger partial charge in [0.1, 0.15) is 23.1 Å². The Morgan fingerprint density at radius 3 is 2.50 bits per heavy atom. The number of aromatic nitrogens is 4. The van der Waals surface area contributed by atoms with E-state index in [-0.39, 0.29) is 34.7 Å². The molecule has 0 spiro atoms. The van der Waals surface area contributed by atoms with E-state index >= 15 is 0 Å². The second-order valence-electron chi connectivity index (χ2n) is 6.95. The number of pyridine rings is 1. The minimum Gasteiger partial charge on any atom is -0.366 e. The van der Waals surface area contributed by atoms with Crippen LogP contribution in [-0.4, -0.2) is 31.8 Å². The number of fused-ring (bicyclic) bond motifs is 1. The van der Waals surface area contributed by atoms with Crippen LogP contribution in [0.5, 0.6) is 0 Å². The topological polar surface area (TPSA) is 116 Å². The molecule has 0 unspecified atom stereocenters. The van der Waals surface area contributed by atoms with Crippen LogP contribution >= 0.6 is 0 Å². The molecule has 11 heteroatoms. The summed E-state index contributed by atoms with van der Waals surface area (Å²) in [4.78, 5) is 28.6. The molecule has 4 aromatic rings. The highest BCUT2D eigenvalue weighted by Crippen LogP contribution is 2.21. The predicted molar refractivity (Wildman–Crippen MR) is 108 cm³/mol. The van der Waals surface area contributed by atoms with Crippen LogP contribution in [0.1, 0.15) is 32.1 Å². The fourth-order valence-corrected chi connectivity index (χ4v) is 3.13. The van der Waals surface area contributed by atoms with Crippen LogP contribution in [0.3, 0.4) is 0 Å². The van der Waals surface area contributed by atoms with Crippen molar-refractivity contribution in [2.75, 3.05) is 5.32 Å². The molecular formula is C21H15F3N6O2. The van der Waals surface area contributed by atoms with Crippen molar-refractivity contribution in [3.8, 4) is 0 Å². The molecule has 162 valence electrons. The Kier molecular flexibility index (Phi) is 5.31. The third-order valence-electron chi connectivity index (χ3n) is 4.82. The molecule has 4 rings (SSSR count). The molecule has 2 aromatic carbocycles. The number of rotatable bonds is 5. The molecule has 0 saturated carbocycles. The van der Waals surface area contributed by atoms with Crippen LogP contribution in [0.2, 0.25) is 0 Å². The van der Waals surface area contributed by atoms with Gasteiger partial charge in [-0.1, -0.05) is 11.3 Å². The smallest absolute Gasteiger partial charge is 0.275 e. The summed E-state index contributed by atoms with van der Waals surface area (Å²) >= 11 is 0. The normalized spacial score (nSPS) is 11.0. The van der Waals surface area contributed by atoms with Gasteiger partial charge in [-0.3, -0.25) is 9.59 Å². The van der Waals surface area contributed by atoms with Gasteiger partial charge in [-0.2, -0.15) is 0 Å². The maximum atomic E-state index is 13.9. The number of halogens is 3. The second kappa shape index (κ2) is 8.10. The zero-order valence-electron chi connectivity index (χ0n) is 16.6. The maximum Gasteiger partial charge on any atom is 0.275 e. The van der Waals surface area contributed by atoms with Gasteiger partial charge in [0.2, 0.25) is 5.91 Å². The highest BCUT2D eigenvalue weighted by atomic mass is 19.1. The number of nitrogens with two attached hydrogens (primary N) is 1. The van der Waals surface area contributed by atoms with E-state index in [0.29, 0.717) is 11.1 Å². The molecule has 0 aliphatic rings. The van der Waals surface area contributed by atoms with Gasteiger partial charge in [-0.25, -0.2) is 22.8 Å². The molecule has 2 aromatic heterocycles.